The van der Waals surface area contributed by atoms with E-state index in [1.165, 1.54) is 66.8 Å². The average molecular weight is 1240 g/mol. The number of aromatic nitrogens is 4. The smallest absolute Gasteiger partial charge is 0.133 e. The maximum Gasteiger partial charge on any atom is 0.133 e. The van der Waals surface area contributed by atoms with Crippen molar-refractivity contribution in [1.82, 2.24) is 19.9 Å². The number of hydrogen-bond acceptors (Lipinski definition) is 4. The Bertz CT molecular complexity index is 3150. The lowest BCUT2D eigenvalue weighted by Gasteiger charge is -2.22. The minimum absolute atomic E-state index is 0.0632. The van der Waals surface area contributed by atoms with Gasteiger partial charge in [0, 0.05) is 52.4 Å². The van der Waals surface area contributed by atoms with Crippen molar-refractivity contribution in [1.29, 1.82) is 0 Å². The first-order valence-corrected chi connectivity index (χ1v) is 32.9. The highest BCUT2D eigenvalue weighted by Crippen LogP contribution is 2.29. The fraction of sp³-hybridized carbons (Fsp3) is 0.488. The summed E-state index contributed by atoms with van der Waals surface area (Å²) in [6, 6.07) is 44.5. The lowest BCUT2D eigenvalue weighted by Crippen LogP contribution is -2.15. The topological polar surface area (TPSA) is 51.6 Å². The van der Waals surface area contributed by atoms with Gasteiger partial charge >= 0.3 is 0 Å². The molecule has 0 N–H and O–H groups in total. The molecule has 5 heteroatoms. The molecule has 0 unspecified atom stereocenters. The van der Waals surface area contributed by atoms with Gasteiger partial charge in [-0.05, 0) is 182 Å². The van der Waals surface area contributed by atoms with Crippen LogP contribution < -0.4 is 0 Å². The molecule has 0 radical (unpaired) electrons. The Kier molecular flexibility index (Phi) is 31.6. The van der Waals surface area contributed by atoms with E-state index in [0.717, 1.165) is 33.9 Å². The van der Waals surface area contributed by atoms with Crippen LogP contribution in [0.3, 0.4) is 0 Å². The zero-order valence-electron chi connectivity index (χ0n) is 64.1. The highest BCUT2D eigenvalue weighted by molar-refractivity contribution is 5.37. The maximum absolute atomic E-state index is 13.3. The van der Waals surface area contributed by atoms with Crippen molar-refractivity contribution < 1.29 is 4.39 Å². The zero-order chi connectivity index (χ0) is 70.5. The van der Waals surface area contributed by atoms with Gasteiger partial charge < -0.3 is 0 Å². The SMILES string of the molecule is Cc1ccc(C(C)(C)C)c(F)c1.Cc1ccc(C(C)(C)C)cc1.Cc1ccc(C(C)(C)C)nc1.Cc1ccc(C)c(C(C)(C)C)c1.Cc1ccc(C)c(C(C)(C)C)c1.Cc1cccc(C(C)(C)C)c1.Cc1ccnc(C(C)(C)C)c1.Cc1cnc(C(C)(C)C)nc1. The van der Waals surface area contributed by atoms with Crippen molar-refractivity contribution in [2.75, 3.05) is 0 Å². The van der Waals surface area contributed by atoms with Crippen molar-refractivity contribution >= 4 is 0 Å². The van der Waals surface area contributed by atoms with Gasteiger partial charge in [0.25, 0.3) is 0 Å². The normalized spacial score (nSPS) is 11.7. The van der Waals surface area contributed by atoms with E-state index in [9.17, 15) is 4.39 Å². The highest BCUT2D eigenvalue weighted by Gasteiger charge is 2.21. The van der Waals surface area contributed by atoms with Gasteiger partial charge in [-0.1, -0.05) is 292 Å². The molecule has 3 heterocycles. The van der Waals surface area contributed by atoms with Crippen LogP contribution in [0.4, 0.5) is 4.39 Å². The fourth-order valence-electron chi connectivity index (χ4n) is 9.12. The number of halogens is 1. The number of aryl methyl sites for hydroxylation is 10. The highest BCUT2D eigenvalue weighted by atomic mass is 19.1. The van der Waals surface area contributed by atoms with Crippen LogP contribution in [0.1, 0.15) is 267 Å². The quantitative estimate of drug-likeness (QED) is 0.152. The number of benzene rings is 5. The molecule has 4 nitrogen and oxygen atoms in total. The van der Waals surface area contributed by atoms with Crippen LogP contribution in [-0.4, -0.2) is 19.9 Å². The molecule has 8 rings (SSSR count). The van der Waals surface area contributed by atoms with Gasteiger partial charge in [0.15, 0.2) is 0 Å². The van der Waals surface area contributed by atoms with Crippen LogP contribution in [-0.2, 0) is 43.3 Å². The lowest BCUT2D eigenvalue weighted by molar-refractivity contribution is 0.522. The van der Waals surface area contributed by atoms with Crippen molar-refractivity contribution in [3.63, 3.8) is 0 Å². The molecule has 3 aromatic heterocycles. The van der Waals surface area contributed by atoms with E-state index < -0.39 is 0 Å². The minimum atomic E-state index is -0.0994. The second-order valence-electron chi connectivity index (χ2n) is 33.4. The predicted molar refractivity (Wildman–Crippen MR) is 400 cm³/mol. The summed E-state index contributed by atoms with van der Waals surface area (Å²) in [6.07, 6.45) is 7.50. The van der Waals surface area contributed by atoms with Crippen LogP contribution in [0.5, 0.6) is 0 Å². The third-order valence-corrected chi connectivity index (χ3v) is 15.0. The molecule has 0 bridgehead atoms. The molecule has 0 aliphatic rings. The number of nitrogens with zero attached hydrogens (tertiary/aromatic N) is 4. The van der Waals surface area contributed by atoms with Crippen LogP contribution in [0.2, 0.25) is 0 Å². The van der Waals surface area contributed by atoms with Crippen LogP contribution in [0.15, 0.2) is 152 Å². The zero-order valence-corrected chi connectivity index (χ0v) is 64.1. The molecule has 0 saturated heterocycles. The first-order valence-electron chi connectivity index (χ1n) is 32.9. The van der Waals surface area contributed by atoms with E-state index in [4.69, 9.17) is 0 Å². The molecule has 0 spiro atoms. The second-order valence-corrected chi connectivity index (χ2v) is 33.4. The summed E-state index contributed by atoms with van der Waals surface area (Å²) >= 11 is 0. The Balaban J connectivity index is 0.000000520. The Morgan fingerprint density at radius 2 is 0.637 bits per heavy atom. The van der Waals surface area contributed by atoms with E-state index in [1.54, 1.807) is 6.07 Å². The minimum Gasteiger partial charge on any atom is -0.261 e. The monoisotopic (exact) mass is 1240 g/mol. The van der Waals surface area contributed by atoms with Crippen molar-refractivity contribution in [2.24, 2.45) is 0 Å². The number of hydrogen-bond donors (Lipinski definition) is 0. The molecule has 0 aliphatic heterocycles. The molecule has 498 valence electrons. The molecular formula is C86H127FN4. The van der Waals surface area contributed by atoms with Crippen LogP contribution >= 0.6 is 0 Å². The third kappa shape index (κ3) is 32.5. The molecule has 0 saturated carbocycles. The van der Waals surface area contributed by atoms with Gasteiger partial charge in [0.1, 0.15) is 11.6 Å². The standard InChI is InChI=1S/2C12H18.C11H15F.2C11H16.2C10H15N.C9H14N2/c2*1-9-6-7-10(2)11(8-9)12(3,4)5;1-8-5-6-9(10(12)7-8)11(2,3)4;1-9-5-7-10(8-6-9)11(2,3)4;1-9-6-5-7-10(8-9)11(2,3)4;1-8-5-6-11-9(7-8)10(2,3)4;1-8-5-6-9(11-7-8)10(2,3)4;1-7-5-10-8(11-6-7)9(2,3)4/h2*6-8H,1-5H3;5-7H,1-4H3;2*5-8H,1-4H3;2*5-7H,1-4H3;5-6H,1-4H3. The Hall–Kier alpha value is -6.59. The van der Waals surface area contributed by atoms with Crippen LogP contribution in [0.25, 0.3) is 0 Å². The summed E-state index contributed by atoms with van der Waals surface area (Å²) in [6.45, 7) is 73.3. The first kappa shape index (κ1) is 82.4. The van der Waals surface area contributed by atoms with Crippen molar-refractivity contribution in [3.05, 3.63) is 259 Å². The summed E-state index contributed by atoms with van der Waals surface area (Å²) in [4.78, 5) is 17.1. The number of rotatable bonds is 0. The molecule has 0 fully saturated rings. The van der Waals surface area contributed by atoms with Gasteiger partial charge in [0.2, 0.25) is 0 Å². The van der Waals surface area contributed by atoms with Gasteiger partial charge in [-0.15, -0.1) is 0 Å². The largest absolute Gasteiger partial charge is 0.261 e. The van der Waals surface area contributed by atoms with Gasteiger partial charge in [-0.25, -0.2) is 14.4 Å². The number of pyridine rings is 2. The average Bonchev–Trinajstić information content (AvgIpc) is 1.15. The fourth-order valence-corrected chi connectivity index (χ4v) is 9.12. The van der Waals surface area contributed by atoms with Gasteiger partial charge in [0.05, 0.1) is 0 Å². The molecule has 5 aromatic carbocycles. The van der Waals surface area contributed by atoms with E-state index in [0.29, 0.717) is 0 Å². The van der Waals surface area contributed by atoms with E-state index in [1.807, 2.05) is 77.6 Å². The molecule has 91 heavy (non-hydrogen) atoms. The van der Waals surface area contributed by atoms with E-state index >= 15 is 0 Å². The summed E-state index contributed by atoms with van der Waals surface area (Å²) in [5.41, 5.74) is 23.0. The molecular weight excluding hydrogens is 1110 g/mol. The summed E-state index contributed by atoms with van der Waals surface area (Å²) < 4.78 is 13.3. The second kappa shape index (κ2) is 34.9. The Labute approximate surface area is 558 Å². The van der Waals surface area contributed by atoms with Crippen molar-refractivity contribution in [2.45, 2.75) is 279 Å². The predicted octanol–water partition coefficient (Wildman–Crippen LogP) is 24.7. The molecule has 0 atom stereocenters. The first-order chi connectivity index (χ1) is 41.2. The third-order valence-electron chi connectivity index (χ3n) is 15.0. The molecule has 0 aliphatic carbocycles. The van der Waals surface area contributed by atoms with Crippen molar-refractivity contribution in [3.8, 4) is 0 Å². The summed E-state index contributed by atoms with van der Waals surface area (Å²) in [7, 11) is 0. The van der Waals surface area contributed by atoms with Crippen LogP contribution in [0, 0.1) is 75.1 Å². The van der Waals surface area contributed by atoms with Gasteiger partial charge in [-0.3, -0.25) is 9.97 Å². The summed E-state index contributed by atoms with van der Waals surface area (Å²) in [5.74, 6) is 0.811. The molecule has 8 aromatic rings. The van der Waals surface area contributed by atoms with Gasteiger partial charge in [-0.2, -0.15) is 0 Å². The Morgan fingerprint density at radius 3 is 0.967 bits per heavy atom. The summed E-state index contributed by atoms with van der Waals surface area (Å²) in [5, 5.41) is 0. The molecule has 0 amide bonds. The lowest BCUT2D eigenvalue weighted by atomic mass is 9.83. The van der Waals surface area contributed by atoms with E-state index in [-0.39, 0.29) is 49.1 Å². The van der Waals surface area contributed by atoms with E-state index in [2.05, 4.69) is 324 Å². The maximum atomic E-state index is 13.3. The Morgan fingerprint density at radius 1 is 0.253 bits per heavy atom.